The second kappa shape index (κ2) is 5.41. The van der Waals surface area contributed by atoms with Crippen LogP contribution in [0.15, 0.2) is 18.2 Å². The standard InChI is InChI=1S/C16H19NO4/c1-4-19-16(18)15-10(2)14-12(17(15)3)6-5-7-13(14)21-9-11-8-20-11/h5-7,11H,4,8-9H2,1-3H3. The van der Waals surface area contributed by atoms with Crippen LogP contribution in [0.5, 0.6) is 5.75 Å². The summed E-state index contributed by atoms with van der Waals surface area (Å²) in [4.78, 5) is 12.1. The number of aromatic nitrogens is 1. The second-order valence-electron chi connectivity index (χ2n) is 5.17. The minimum absolute atomic E-state index is 0.203. The number of esters is 1. The molecule has 1 aliphatic rings. The first-order valence-corrected chi connectivity index (χ1v) is 7.13. The van der Waals surface area contributed by atoms with Gasteiger partial charge in [-0.2, -0.15) is 0 Å². The van der Waals surface area contributed by atoms with Crippen molar-refractivity contribution in [3.63, 3.8) is 0 Å². The molecule has 0 saturated carbocycles. The molecule has 1 aromatic heterocycles. The van der Waals surface area contributed by atoms with E-state index in [2.05, 4.69) is 0 Å². The molecule has 2 aromatic rings. The van der Waals surface area contributed by atoms with Crippen LogP contribution in [-0.4, -0.2) is 36.5 Å². The third-order valence-corrected chi connectivity index (χ3v) is 3.73. The highest BCUT2D eigenvalue weighted by atomic mass is 16.6. The van der Waals surface area contributed by atoms with Crippen molar-refractivity contribution in [2.75, 3.05) is 19.8 Å². The summed E-state index contributed by atoms with van der Waals surface area (Å²) < 4.78 is 18.0. The van der Waals surface area contributed by atoms with Gasteiger partial charge in [-0.1, -0.05) is 6.07 Å². The maximum Gasteiger partial charge on any atom is 0.355 e. The summed E-state index contributed by atoms with van der Waals surface area (Å²) in [6.45, 7) is 5.40. The molecule has 1 atom stereocenters. The lowest BCUT2D eigenvalue weighted by atomic mass is 10.1. The molecular weight excluding hydrogens is 270 g/mol. The maximum atomic E-state index is 12.1. The first-order chi connectivity index (χ1) is 10.1. The van der Waals surface area contributed by atoms with Crippen molar-refractivity contribution in [2.45, 2.75) is 20.0 Å². The molecule has 0 bridgehead atoms. The molecule has 0 N–H and O–H groups in total. The molecule has 0 spiro atoms. The van der Waals surface area contributed by atoms with Crippen molar-refractivity contribution in [3.8, 4) is 5.75 Å². The number of rotatable bonds is 5. The van der Waals surface area contributed by atoms with E-state index in [1.165, 1.54) is 0 Å². The lowest BCUT2D eigenvalue weighted by Crippen LogP contribution is -2.11. The van der Waals surface area contributed by atoms with Gasteiger partial charge >= 0.3 is 5.97 Å². The summed E-state index contributed by atoms with van der Waals surface area (Å²) in [5.74, 6) is 0.483. The third-order valence-electron chi connectivity index (χ3n) is 3.73. The lowest BCUT2D eigenvalue weighted by molar-refractivity contribution is 0.0515. The quantitative estimate of drug-likeness (QED) is 0.626. The number of aryl methyl sites for hydroxylation is 2. The number of nitrogens with zero attached hydrogens (tertiary/aromatic N) is 1. The lowest BCUT2D eigenvalue weighted by Gasteiger charge is -2.06. The Labute approximate surface area is 123 Å². The van der Waals surface area contributed by atoms with E-state index in [-0.39, 0.29) is 12.1 Å². The average Bonchev–Trinajstić information content (AvgIpc) is 3.25. The summed E-state index contributed by atoms with van der Waals surface area (Å²) in [5, 5.41) is 0.962. The highest BCUT2D eigenvalue weighted by Crippen LogP contribution is 2.33. The minimum Gasteiger partial charge on any atom is -0.490 e. The van der Waals surface area contributed by atoms with Crippen molar-refractivity contribution < 1.29 is 19.0 Å². The van der Waals surface area contributed by atoms with Gasteiger partial charge in [-0.3, -0.25) is 0 Å². The van der Waals surface area contributed by atoms with Gasteiger partial charge in [0.1, 0.15) is 24.2 Å². The number of hydrogen-bond acceptors (Lipinski definition) is 4. The van der Waals surface area contributed by atoms with E-state index in [4.69, 9.17) is 14.2 Å². The summed E-state index contributed by atoms with van der Waals surface area (Å²) in [5.41, 5.74) is 2.42. The smallest absolute Gasteiger partial charge is 0.355 e. The predicted octanol–water partition coefficient (Wildman–Crippen LogP) is 2.44. The van der Waals surface area contributed by atoms with E-state index in [1.807, 2.05) is 36.7 Å². The van der Waals surface area contributed by atoms with Crippen LogP contribution in [0, 0.1) is 6.92 Å². The van der Waals surface area contributed by atoms with Gasteiger partial charge in [-0.05, 0) is 31.5 Å². The van der Waals surface area contributed by atoms with E-state index in [9.17, 15) is 4.79 Å². The molecule has 1 fully saturated rings. The van der Waals surface area contributed by atoms with E-state index < -0.39 is 0 Å². The molecule has 1 aliphatic heterocycles. The van der Waals surface area contributed by atoms with Crippen LogP contribution >= 0.6 is 0 Å². The average molecular weight is 289 g/mol. The zero-order valence-corrected chi connectivity index (χ0v) is 12.5. The van der Waals surface area contributed by atoms with Crippen molar-refractivity contribution in [1.29, 1.82) is 0 Å². The number of benzene rings is 1. The fourth-order valence-corrected chi connectivity index (χ4v) is 2.62. The summed E-state index contributed by atoms with van der Waals surface area (Å²) >= 11 is 0. The number of ether oxygens (including phenoxy) is 3. The van der Waals surface area contributed by atoms with Gasteiger partial charge in [0, 0.05) is 12.4 Å². The fourth-order valence-electron chi connectivity index (χ4n) is 2.62. The molecule has 1 aromatic carbocycles. The van der Waals surface area contributed by atoms with Crippen LogP contribution in [0.1, 0.15) is 23.0 Å². The van der Waals surface area contributed by atoms with E-state index in [0.717, 1.165) is 28.8 Å². The predicted molar refractivity (Wildman–Crippen MR) is 78.8 cm³/mol. The minimum atomic E-state index is -0.301. The summed E-state index contributed by atoms with van der Waals surface area (Å²) in [7, 11) is 1.87. The zero-order valence-electron chi connectivity index (χ0n) is 12.5. The summed E-state index contributed by atoms with van der Waals surface area (Å²) in [6, 6.07) is 5.83. The SMILES string of the molecule is CCOC(=O)c1c(C)c2c(OCC3CO3)cccc2n1C. The van der Waals surface area contributed by atoms with Gasteiger partial charge in [-0.25, -0.2) is 4.79 Å². The molecule has 5 heteroatoms. The largest absolute Gasteiger partial charge is 0.490 e. The topological polar surface area (TPSA) is 53.0 Å². The highest BCUT2D eigenvalue weighted by molar-refractivity contribution is 6.01. The molecule has 0 aliphatic carbocycles. The molecule has 0 amide bonds. The van der Waals surface area contributed by atoms with Gasteiger partial charge in [0.05, 0.1) is 18.7 Å². The van der Waals surface area contributed by atoms with Crippen molar-refractivity contribution in [1.82, 2.24) is 4.57 Å². The number of carbonyl (C=O) groups excluding carboxylic acids is 1. The van der Waals surface area contributed by atoms with Crippen LogP contribution < -0.4 is 4.74 Å². The number of epoxide rings is 1. The summed E-state index contributed by atoms with van der Waals surface area (Å²) in [6.07, 6.45) is 0.203. The molecule has 5 nitrogen and oxygen atoms in total. The van der Waals surface area contributed by atoms with Gasteiger partial charge in [0.2, 0.25) is 0 Å². The van der Waals surface area contributed by atoms with Crippen molar-refractivity contribution in [3.05, 3.63) is 29.5 Å². The van der Waals surface area contributed by atoms with Crippen LogP contribution in [0.3, 0.4) is 0 Å². The van der Waals surface area contributed by atoms with Crippen LogP contribution in [0.2, 0.25) is 0 Å². The molecule has 1 unspecified atom stereocenters. The van der Waals surface area contributed by atoms with Crippen molar-refractivity contribution >= 4 is 16.9 Å². The Hall–Kier alpha value is -2.01. The van der Waals surface area contributed by atoms with E-state index in [0.29, 0.717) is 18.9 Å². The Balaban J connectivity index is 2.05. The molecule has 112 valence electrons. The highest BCUT2D eigenvalue weighted by Gasteiger charge is 2.25. The Morgan fingerprint density at radius 1 is 1.48 bits per heavy atom. The second-order valence-corrected chi connectivity index (χ2v) is 5.17. The number of hydrogen-bond donors (Lipinski definition) is 0. The zero-order chi connectivity index (χ0) is 15.0. The monoisotopic (exact) mass is 289 g/mol. The molecular formula is C16H19NO4. The van der Waals surface area contributed by atoms with Gasteiger partial charge < -0.3 is 18.8 Å². The fraction of sp³-hybridized carbons (Fsp3) is 0.438. The molecule has 0 radical (unpaired) electrons. The molecule has 3 rings (SSSR count). The van der Waals surface area contributed by atoms with Crippen molar-refractivity contribution in [2.24, 2.45) is 7.05 Å². The third kappa shape index (κ3) is 2.49. The normalized spacial score (nSPS) is 17.0. The Kier molecular flexibility index (Phi) is 3.59. The van der Waals surface area contributed by atoms with Gasteiger partial charge in [0.25, 0.3) is 0 Å². The Morgan fingerprint density at radius 3 is 2.90 bits per heavy atom. The number of carbonyl (C=O) groups is 1. The molecule has 21 heavy (non-hydrogen) atoms. The molecule has 2 heterocycles. The van der Waals surface area contributed by atoms with E-state index >= 15 is 0 Å². The molecule has 1 saturated heterocycles. The Bertz CT molecular complexity index is 685. The maximum absolute atomic E-state index is 12.1. The first kappa shape index (κ1) is 13.9. The van der Waals surface area contributed by atoms with Crippen LogP contribution in [0.25, 0.3) is 10.9 Å². The Morgan fingerprint density at radius 2 is 2.24 bits per heavy atom. The van der Waals surface area contributed by atoms with E-state index in [1.54, 1.807) is 6.92 Å². The van der Waals surface area contributed by atoms with Gasteiger partial charge in [-0.15, -0.1) is 0 Å². The van der Waals surface area contributed by atoms with Crippen LogP contribution in [0.4, 0.5) is 0 Å². The van der Waals surface area contributed by atoms with Crippen LogP contribution in [-0.2, 0) is 16.5 Å². The first-order valence-electron chi connectivity index (χ1n) is 7.13. The van der Waals surface area contributed by atoms with Gasteiger partial charge in [0.15, 0.2) is 0 Å². The number of fused-ring (bicyclic) bond motifs is 1.